The van der Waals surface area contributed by atoms with E-state index in [2.05, 4.69) is 15.3 Å². The van der Waals surface area contributed by atoms with Gasteiger partial charge in [-0.05, 0) is 37.3 Å². The van der Waals surface area contributed by atoms with Crippen LogP contribution < -0.4 is 10.1 Å². The topological polar surface area (TPSA) is 134 Å². The number of non-ortho nitro benzene ring substituents is 1. The van der Waals surface area contributed by atoms with Gasteiger partial charge in [-0.3, -0.25) is 19.9 Å². The lowest BCUT2D eigenvalue weighted by Gasteiger charge is -2.15. The highest BCUT2D eigenvalue weighted by molar-refractivity contribution is 6.34. The zero-order valence-corrected chi connectivity index (χ0v) is 16.8. The van der Waals surface area contributed by atoms with Gasteiger partial charge >= 0.3 is 5.97 Å². The van der Waals surface area contributed by atoms with E-state index in [1.165, 1.54) is 43.6 Å². The van der Waals surface area contributed by atoms with Gasteiger partial charge in [0.15, 0.2) is 6.10 Å². The Morgan fingerprint density at radius 3 is 2.65 bits per heavy atom. The van der Waals surface area contributed by atoms with Crippen molar-refractivity contribution in [2.45, 2.75) is 13.0 Å². The van der Waals surface area contributed by atoms with Crippen LogP contribution in [0.4, 0.5) is 11.4 Å². The van der Waals surface area contributed by atoms with Crippen LogP contribution in [0.25, 0.3) is 0 Å². The van der Waals surface area contributed by atoms with Crippen molar-refractivity contribution in [1.29, 1.82) is 0 Å². The zero-order chi connectivity index (χ0) is 22.4. The number of ether oxygens (including phenoxy) is 2. The molecule has 158 valence electrons. The highest BCUT2D eigenvalue weighted by atomic mass is 35.5. The van der Waals surface area contributed by atoms with Gasteiger partial charge in [-0.25, -0.2) is 9.78 Å². The van der Waals surface area contributed by atoms with Crippen molar-refractivity contribution in [2.75, 3.05) is 5.32 Å². The number of carbonyl (C=O) groups is 2. The maximum Gasteiger partial charge on any atom is 0.344 e. The molecule has 0 aliphatic rings. The van der Waals surface area contributed by atoms with E-state index in [1.807, 2.05) is 0 Å². The molecule has 31 heavy (non-hydrogen) atoms. The van der Waals surface area contributed by atoms with Crippen LogP contribution >= 0.6 is 11.6 Å². The first kappa shape index (κ1) is 21.7. The number of hydrogen-bond acceptors (Lipinski definition) is 8. The molecule has 0 radical (unpaired) electrons. The number of nitro groups is 1. The maximum atomic E-state index is 12.6. The third-order valence-electron chi connectivity index (χ3n) is 3.91. The Labute approximate surface area is 181 Å². The summed E-state index contributed by atoms with van der Waals surface area (Å²) in [6.45, 7) is 1.37. The molecule has 1 aromatic carbocycles. The summed E-state index contributed by atoms with van der Waals surface area (Å²) in [5.74, 6) is -1.15. The molecule has 3 rings (SSSR count). The van der Waals surface area contributed by atoms with Crippen LogP contribution in [0, 0.1) is 10.1 Å². The lowest BCUT2D eigenvalue weighted by molar-refractivity contribution is -0.384. The minimum Gasteiger partial charge on any atom is -0.449 e. The SMILES string of the molecule is CC(OC(=O)c1cccnc1Oc1cccnc1)C(=O)Nc1ccc([N+](=O)[O-])cc1Cl. The summed E-state index contributed by atoms with van der Waals surface area (Å²) in [7, 11) is 0. The first-order valence-electron chi connectivity index (χ1n) is 8.84. The molecular formula is C20H15ClN4O6. The second-order valence-electron chi connectivity index (χ2n) is 6.10. The molecular weight excluding hydrogens is 428 g/mol. The number of aromatic nitrogens is 2. The molecule has 1 atom stereocenters. The lowest BCUT2D eigenvalue weighted by Crippen LogP contribution is -2.30. The molecule has 10 nitrogen and oxygen atoms in total. The first-order valence-corrected chi connectivity index (χ1v) is 9.21. The van der Waals surface area contributed by atoms with Crippen LogP contribution in [0.5, 0.6) is 11.6 Å². The number of halogens is 1. The average molecular weight is 443 g/mol. The molecule has 0 aliphatic carbocycles. The van der Waals surface area contributed by atoms with Crippen molar-refractivity contribution in [3.8, 4) is 11.6 Å². The van der Waals surface area contributed by atoms with Gasteiger partial charge in [0.2, 0.25) is 5.88 Å². The number of carbonyl (C=O) groups excluding carboxylic acids is 2. The highest BCUT2D eigenvalue weighted by Crippen LogP contribution is 2.27. The summed E-state index contributed by atoms with van der Waals surface area (Å²) < 4.78 is 10.8. The second kappa shape index (κ2) is 9.63. The number of pyridine rings is 2. The molecule has 1 unspecified atom stereocenters. The van der Waals surface area contributed by atoms with E-state index >= 15 is 0 Å². The average Bonchev–Trinajstić information content (AvgIpc) is 2.76. The molecule has 0 spiro atoms. The van der Waals surface area contributed by atoms with E-state index in [4.69, 9.17) is 21.1 Å². The normalized spacial score (nSPS) is 11.3. The predicted octanol–water partition coefficient (Wildman–Crippen LogP) is 4.01. The van der Waals surface area contributed by atoms with E-state index in [0.717, 1.165) is 6.07 Å². The minimum absolute atomic E-state index is 0.00785. The minimum atomic E-state index is -1.20. The lowest BCUT2D eigenvalue weighted by atomic mass is 10.2. The Kier molecular flexibility index (Phi) is 6.73. The Morgan fingerprint density at radius 1 is 1.19 bits per heavy atom. The van der Waals surface area contributed by atoms with E-state index in [1.54, 1.807) is 18.3 Å². The largest absolute Gasteiger partial charge is 0.449 e. The van der Waals surface area contributed by atoms with Gasteiger partial charge in [-0.2, -0.15) is 0 Å². The number of amides is 1. The van der Waals surface area contributed by atoms with E-state index in [9.17, 15) is 19.7 Å². The van der Waals surface area contributed by atoms with E-state index in [-0.39, 0.29) is 27.8 Å². The van der Waals surface area contributed by atoms with E-state index in [0.29, 0.717) is 5.75 Å². The summed E-state index contributed by atoms with van der Waals surface area (Å²) in [5.41, 5.74) is -0.0679. The van der Waals surface area contributed by atoms with Crippen molar-refractivity contribution < 1.29 is 24.0 Å². The summed E-state index contributed by atoms with van der Waals surface area (Å²) in [4.78, 5) is 43.1. The van der Waals surface area contributed by atoms with Crippen molar-refractivity contribution >= 4 is 34.9 Å². The van der Waals surface area contributed by atoms with Crippen molar-refractivity contribution in [3.05, 3.63) is 81.8 Å². The number of rotatable bonds is 7. The van der Waals surface area contributed by atoms with Gasteiger partial charge in [-0.15, -0.1) is 0 Å². The van der Waals surface area contributed by atoms with Crippen LogP contribution in [-0.4, -0.2) is 32.9 Å². The molecule has 0 saturated heterocycles. The third-order valence-corrected chi connectivity index (χ3v) is 4.23. The maximum absolute atomic E-state index is 12.6. The monoisotopic (exact) mass is 442 g/mol. The summed E-state index contributed by atoms with van der Waals surface area (Å²) in [5, 5.41) is 13.2. The molecule has 2 aromatic heterocycles. The summed E-state index contributed by atoms with van der Waals surface area (Å²) >= 11 is 5.96. The second-order valence-corrected chi connectivity index (χ2v) is 6.51. The smallest absolute Gasteiger partial charge is 0.344 e. The number of nitrogens with zero attached hydrogens (tertiary/aromatic N) is 3. The first-order chi connectivity index (χ1) is 14.8. The Hall–Kier alpha value is -4.05. The Balaban J connectivity index is 1.68. The van der Waals surface area contributed by atoms with Gasteiger partial charge in [0.1, 0.15) is 11.3 Å². The van der Waals surface area contributed by atoms with Crippen LogP contribution in [-0.2, 0) is 9.53 Å². The van der Waals surface area contributed by atoms with Crippen molar-refractivity contribution in [3.63, 3.8) is 0 Å². The predicted molar refractivity (Wildman–Crippen MR) is 110 cm³/mol. The van der Waals surface area contributed by atoms with Gasteiger partial charge in [0, 0.05) is 24.5 Å². The fraction of sp³-hybridized carbons (Fsp3) is 0.100. The number of benzene rings is 1. The van der Waals surface area contributed by atoms with Crippen LogP contribution in [0.3, 0.4) is 0 Å². The quantitative estimate of drug-likeness (QED) is 0.329. The number of nitrogens with one attached hydrogen (secondary N) is 1. The zero-order valence-electron chi connectivity index (χ0n) is 16.0. The van der Waals surface area contributed by atoms with Crippen molar-refractivity contribution in [1.82, 2.24) is 9.97 Å². The molecule has 1 amide bonds. The number of anilines is 1. The highest BCUT2D eigenvalue weighted by Gasteiger charge is 2.23. The molecule has 2 heterocycles. The summed E-state index contributed by atoms with van der Waals surface area (Å²) in [6, 6.07) is 9.84. The number of nitro benzene ring substituents is 1. The van der Waals surface area contributed by atoms with Crippen LogP contribution in [0.1, 0.15) is 17.3 Å². The van der Waals surface area contributed by atoms with E-state index < -0.39 is 22.9 Å². The molecule has 11 heteroatoms. The van der Waals surface area contributed by atoms with Gasteiger partial charge in [0.25, 0.3) is 11.6 Å². The molecule has 0 fully saturated rings. The summed E-state index contributed by atoms with van der Waals surface area (Å²) in [6.07, 6.45) is 3.26. The van der Waals surface area contributed by atoms with Gasteiger partial charge < -0.3 is 14.8 Å². The van der Waals surface area contributed by atoms with Crippen LogP contribution in [0.2, 0.25) is 5.02 Å². The number of hydrogen-bond donors (Lipinski definition) is 1. The molecule has 0 bridgehead atoms. The van der Waals surface area contributed by atoms with Gasteiger partial charge in [0.05, 0.1) is 21.8 Å². The van der Waals surface area contributed by atoms with Crippen LogP contribution in [0.15, 0.2) is 61.1 Å². The standard InChI is InChI=1S/C20H15ClN4O6/c1-12(18(26)24-17-7-6-13(25(28)29)10-16(17)21)30-20(27)15-5-3-9-23-19(15)31-14-4-2-8-22-11-14/h2-12H,1H3,(H,24,26). The number of esters is 1. The fourth-order valence-corrected chi connectivity index (χ4v) is 2.60. The molecule has 1 N–H and O–H groups in total. The molecule has 0 saturated carbocycles. The third kappa shape index (κ3) is 5.52. The Morgan fingerprint density at radius 2 is 1.97 bits per heavy atom. The van der Waals surface area contributed by atoms with Crippen molar-refractivity contribution in [2.24, 2.45) is 0 Å². The fourth-order valence-electron chi connectivity index (χ4n) is 2.38. The van der Waals surface area contributed by atoms with Gasteiger partial charge in [-0.1, -0.05) is 11.6 Å². The Bertz CT molecular complexity index is 1130. The molecule has 0 aliphatic heterocycles. The molecule has 3 aromatic rings.